The van der Waals surface area contributed by atoms with Crippen LogP contribution in [0.5, 0.6) is 0 Å². The minimum atomic E-state index is 0.838. The van der Waals surface area contributed by atoms with E-state index in [0.717, 1.165) is 37.2 Å². The highest BCUT2D eigenvalue weighted by Gasteiger charge is 2.10. The molecule has 2 aromatic rings. The van der Waals surface area contributed by atoms with Crippen molar-refractivity contribution in [3.05, 3.63) is 58.6 Å². The molecule has 0 bridgehead atoms. The van der Waals surface area contributed by atoms with Crippen LogP contribution in [0.25, 0.3) is 0 Å². The fourth-order valence-corrected chi connectivity index (χ4v) is 3.03. The third-order valence-corrected chi connectivity index (χ3v) is 4.21. The summed E-state index contributed by atoms with van der Waals surface area (Å²) < 4.78 is 1.12. The highest BCUT2D eigenvalue weighted by atomic mass is 79.9. The van der Waals surface area contributed by atoms with Crippen molar-refractivity contribution in [2.24, 2.45) is 0 Å². The van der Waals surface area contributed by atoms with Gasteiger partial charge in [-0.25, -0.2) is 0 Å². The van der Waals surface area contributed by atoms with Crippen molar-refractivity contribution >= 4 is 27.3 Å². The van der Waals surface area contributed by atoms with E-state index in [9.17, 15) is 0 Å². The van der Waals surface area contributed by atoms with Gasteiger partial charge in [-0.05, 0) is 35.9 Å². The Bertz CT molecular complexity index is 594. The van der Waals surface area contributed by atoms with Crippen molar-refractivity contribution in [1.29, 1.82) is 0 Å². The van der Waals surface area contributed by atoms with Crippen LogP contribution in [-0.2, 0) is 6.54 Å². The molecule has 0 amide bonds. The van der Waals surface area contributed by atoms with Crippen LogP contribution in [0.4, 0.5) is 11.4 Å². The van der Waals surface area contributed by atoms with Crippen molar-refractivity contribution in [2.45, 2.75) is 6.54 Å². The third kappa shape index (κ3) is 3.99. The van der Waals surface area contributed by atoms with E-state index in [4.69, 9.17) is 0 Å². The van der Waals surface area contributed by atoms with Gasteiger partial charge in [0.15, 0.2) is 0 Å². The molecule has 0 radical (unpaired) electrons. The summed E-state index contributed by atoms with van der Waals surface area (Å²) in [5.41, 5.74) is 3.75. The van der Waals surface area contributed by atoms with Crippen molar-refractivity contribution in [1.82, 2.24) is 5.32 Å². The lowest BCUT2D eigenvalue weighted by Gasteiger charge is -2.29. The molecule has 2 N–H and O–H groups in total. The van der Waals surface area contributed by atoms with Crippen molar-refractivity contribution in [3.63, 3.8) is 0 Å². The van der Waals surface area contributed by atoms with Gasteiger partial charge in [0.2, 0.25) is 0 Å². The van der Waals surface area contributed by atoms with Gasteiger partial charge in [0.05, 0.1) is 0 Å². The van der Waals surface area contributed by atoms with E-state index in [0.29, 0.717) is 0 Å². The van der Waals surface area contributed by atoms with Gasteiger partial charge in [-0.3, -0.25) is 0 Å². The second-order valence-corrected chi connectivity index (χ2v) is 6.19. The molecule has 1 aliphatic rings. The molecule has 1 aliphatic heterocycles. The molecule has 0 atom stereocenters. The molecule has 0 aliphatic carbocycles. The smallest absolute Gasteiger partial charge is 0.0401 e. The molecule has 0 saturated carbocycles. The number of piperazine rings is 1. The van der Waals surface area contributed by atoms with Crippen LogP contribution in [0.15, 0.2) is 53.0 Å². The van der Waals surface area contributed by atoms with Crippen LogP contribution >= 0.6 is 15.9 Å². The summed E-state index contributed by atoms with van der Waals surface area (Å²) in [7, 11) is 0. The van der Waals surface area contributed by atoms with Crippen LogP contribution in [-0.4, -0.2) is 26.2 Å². The second-order valence-electron chi connectivity index (χ2n) is 5.27. The molecule has 21 heavy (non-hydrogen) atoms. The predicted molar refractivity (Wildman–Crippen MR) is 93.0 cm³/mol. The van der Waals surface area contributed by atoms with E-state index in [2.05, 4.69) is 80.0 Å². The van der Waals surface area contributed by atoms with Gasteiger partial charge >= 0.3 is 0 Å². The molecular weight excluding hydrogens is 326 g/mol. The molecular formula is C17H20BrN3. The van der Waals surface area contributed by atoms with E-state index >= 15 is 0 Å². The summed E-state index contributed by atoms with van der Waals surface area (Å²) >= 11 is 3.51. The third-order valence-electron chi connectivity index (χ3n) is 3.71. The van der Waals surface area contributed by atoms with E-state index in [-0.39, 0.29) is 0 Å². The van der Waals surface area contributed by atoms with Gasteiger partial charge < -0.3 is 15.5 Å². The number of hydrogen-bond donors (Lipinski definition) is 2. The first-order chi connectivity index (χ1) is 10.3. The predicted octanol–water partition coefficient (Wildman–Crippen LogP) is 3.47. The van der Waals surface area contributed by atoms with Crippen molar-refractivity contribution in [3.8, 4) is 0 Å². The number of anilines is 2. The molecule has 3 nitrogen and oxygen atoms in total. The zero-order valence-electron chi connectivity index (χ0n) is 12.0. The number of nitrogens with zero attached hydrogens (tertiary/aromatic N) is 1. The zero-order valence-corrected chi connectivity index (χ0v) is 13.6. The summed E-state index contributed by atoms with van der Waals surface area (Å²) in [6.07, 6.45) is 0. The summed E-state index contributed by atoms with van der Waals surface area (Å²) in [4.78, 5) is 2.43. The lowest BCUT2D eigenvalue weighted by molar-refractivity contribution is 0.589. The number of nitrogens with one attached hydrogen (secondary N) is 2. The monoisotopic (exact) mass is 345 g/mol. The molecule has 0 unspecified atom stereocenters. The molecule has 0 aromatic heterocycles. The molecule has 1 saturated heterocycles. The molecule has 1 heterocycles. The number of rotatable bonds is 4. The number of halogens is 1. The first kappa shape index (κ1) is 14.4. The standard InChI is InChI=1S/C17H20BrN3/c18-15-4-1-3-14(11-15)13-20-16-5-2-6-17(12-16)21-9-7-19-8-10-21/h1-6,11-12,19-20H,7-10,13H2. The lowest BCUT2D eigenvalue weighted by atomic mass is 10.2. The summed E-state index contributed by atoms with van der Waals surface area (Å²) in [5.74, 6) is 0. The van der Waals surface area contributed by atoms with E-state index < -0.39 is 0 Å². The summed E-state index contributed by atoms with van der Waals surface area (Å²) in [6.45, 7) is 5.13. The average molecular weight is 346 g/mol. The molecule has 110 valence electrons. The summed E-state index contributed by atoms with van der Waals surface area (Å²) in [5, 5.41) is 6.89. The first-order valence-electron chi connectivity index (χ1n) is 7.35. The fraction of sp³-hybridized carbons (Fsp3) is 0.294. The fourth-order valence-electron chi connectivity index (χ4n) is 2.59. The molecule has 2 aromatic carbocycles. The SMILES string of the molecule is Brc1cccc(CNc2cccc(N3CCNCC3)c2)c1. The quantitative estimate of drug-likeness (QED) is 0.888. The highest BCUT2D eigenvalue weighted by molar-refractivity contribution is 9.10. The van der Waals surface area contributed by atoms with Gasteiger partial charge in [-0.15, -0.1) is 0 Å². The molecule has 1 fully saturated rings. The maximum atomic E-state index is 3.51. The van der Waals surface area contributed by atoms with Crippen LogP contribution in [0.2, 0.25) is 0 Å². The molecule has 4 heteroatoms. The summed E-state index contributed by atoms with van der Waals surface area (Å²) in [6, 6.07) is 17.1. The van der Waals surface area contributed by atoms with E-state index in [1.54, 1.807) is 0 Å². The topological polar surface area (TPSA) is 27.3 Å². The Morgan fingerprint density at radius 2 is 1.86 bits per heavy atom. The van der Waals surface area contributed by atoms with E-state index in [1.807, 2.05) is 0 Å². The van der Waals surface area contributed by atoms with Crippen LogP contribution < -0.4 is 15.5 Å². The highest BCUT2D eigenvalue weighted by Crippen LogP contribution is 2.21. The second kappa shape index (κ2) is 6.96. The van der Waals surface area contributed by atoms with Crippen molar-refractivity contribution in [2.75, 3.05) is 36.4 Å². The minimum absolute atomic E-state index is 0.838. The lowest BCUT2D eigenvalue weighted by Crippen LogP contribution is -2.43. The van der Waals surface area contributed by atoms with Gasteiger partial charge in [-0.1, -0.05) is 34.1 Å². The Morgan fingerprint density at radius 3 is 2.67 bits per heavy atom. The van der Waals surface area contributed by atoms with Gasteiger partial charge in [0.1, 0.15) is 0 Å². The van der Waals surface area contributed by atoms with Gasteiger partial charge in [-0.2, -0.15) is 0 Å². The van der Waals surface area contributed by atoms with E-state index in [1.165, 1.54) is 16.9 Å². The first-order valence-corrected chi connectivity index (χ1v) is 8.14. The van der Waals surface area contributed by atoms with Crippen LogP contribution in [0, 0.1) is 0 Å². The Labute approximate surface area is 134 Å². The van der Waals surface area contributed by atoms with Gasteiger partial charge in [0, 0.05) is 48.6 Å². The number of benzene rings is 2. The van der Waals surface area contributed by atoms with Crippen molar-refractivity contribution < 1.29 is 0 Å². The minimum Gasteiger partial charge on any atom is -0.381 e. The van der Waals surface area contributed by atoms with Crippen LogP contribution in [0.3, 0.4) is 0 Å². The zero-order chi connectivity index (χ0) is 14.5. The maximum Gasteiger partial charge on any atom is 0.0401 e. The average Bonchev–Trinajstić information content (AvgIpc) is 2.54. The molecule has 3 rings (SSSR count). The molecule has 0 spiro atoms. The number of hydrogen-bond acceptors (Lipinski definition) is 3. The Balaban J connectivity index is 1.65. The Kier molecular flexibility index (Phi) is 4.78. The van der Waals surface area contributed by atoms with Crippen LogP contribution in [0.1, 0.15) is 5.56 Å². The van der Waals surface area contributed by atoms with Gasteiger partial charge in [0.25, 0.3) is 0 Å². The normalized spacial score (nSPS) is 15.0. The Hall–Kier alpha value is -1.52. The maximum absolute atomic E-state index is 3.51. The largest absolute Gasteiger partial charge is 0.381 e. The Morgan fingerprint density at radius 1 is 1.05 bits per heavy atom.